The lowest BCUT2D eigenvalue weighted by molar-refractivity contribution is 0.0660. The van der Waals surface area contributed by atoms with Crippen LogP contribution in [0.15, 0.2) is 11.6 Å². The van der Waals surface area contributed by atoms with E-state index in [1.165, 1.54) is 5.57 Å². The predicted octanol–water partition coefficient (Wildman–Crippen LogP) is -0.488. The molecule has 2 unspecified atom stereocenters. The third kappa shape index (κ3) is 2.04. The van der Waals surface area contributed by atoms with Crippen LogP contribution >= 0.6 is 0 Å². The molecule has 2 atom stereocenters. The maximum atomic E-state index is 5.53. The van der Waals surface area contributed by atoms with Crippen LogP contribution in [0.4, 0.5) is 0 Å². The Bertz CT molecular complexity index is 170. The van der Waals surface area contributed by atoms with Gasteiger partial charge in [-0.05, 0) is 12.8 Å². The van der Waals surface area contributed by atoms with Gasteiger partial charge >= 0.3 is 0 Å². The van der Waals surface area contributed by atoms with Crippen LogP contribution in [0.1, 0.15) is 12.8 Å². The van der Waals surface area contributed by atoms with E-state index in [0.29, 0.717) is 6.54 Å². The van der Waals surface area contributed by atoms with E-state index in [1.54, 1.807) is 7.11 Å². The fraction of sp³-hybridized carbons (Fsp3) is 0.750. The van der Waals surface area contributed by atoms with Crippen LogP contribution in [0.25, 0.3) is 0 Å². The number of methoxy groups -OCH3 is 1. The van der Waals surface area contributed by atoms with Crippen molar-refractivity contribution in [3.63, 3.8) is 0 Å². The van der Waals surface area contributed by atoms with E-state index < -0.39 is 0 Å². The molecule has 0 amide bonds. The third-order valence-corrected chi connectivity index (χ3v) is 2.35. The number of hydrogen-bond donors (Lipinski definition) is 3. The third-order valence-electron chi connectivity index (χ3n) is 2.35. The van der Waals surface area contributed by atoms with E-state index in [2.05, 4.69) is 11.5 Å². The first-order valence-corrected chi connectivity index (χ1v) is 4.18. The Balaban J connectivity index is 2.56. The normalized spacial score (nSPS) is 30.1. The topological polar surface area (TPSA) is 73.3 Å². The van der Waals surface area contributed by atoms with Gasteiger partial charge in [-0.3, -0.25) is 11.3 Å². The van der Waals surface area contributed by atoms with E-state index in [1.807, 2.05) is 0 Å². The molecule has 0 aromatic rings. The van der Waals surface area contributed by atoms with Gasteiger partial charge in [-0.25, -0.2) is 0 Å². The molecule has 0 fully saturated rings. The smallest absolute Gasteiger partial charge is 0.0775 e. The number of hydrogen-bond acceptors (Lipinski definition) is 4. The molecule has 0 aromatic heterocycles. The molecule has 0 saturated carbocycles. The highest BCUT2D eigenvalue weighted by molar-refractivity contribution is 5.12. The van der Waals surface area contributed by atoms with Crippen molar-refractivity contribution in [3.8, 4) is 0 Å². The number of nitrogens with two attached hydrogens (primary N) is 2. The maximum absolute atomic E-state index is 5.53. The average molecular weight is 171 g/mol. The number of ether oxygens (including phenoxy) is 1. The summed E-state index contributed by atoms with van der Waals surface area (Å²) in [5.74, 6) is 5.39. The van der Waals surface area contributed by atoms with Crippen LogP contribution in [0.2, 0.25) is 0 Å². The van der Waals surface area contributed by atoms with Crippen LogP contribution in [0, 0.1) is 0 Å². The maximum Gasteiger partial charge on any atom is 0.0775 e. The molecule has 4 nitrogen and oxygen atoms in total. The Morgan fingerprint density at radius 1 is 1.75 bits per heavy atom. The lowest BCUT2D eigenvalue weighted by Crippen LogP contribution is -2.46. The number of hydrazine groups is 1. The molecule has 5 N–H and O–H groups in total. The van der Waals surface area contributed by atoms with E-state index in [-0.39, 0.29) is 12.1 Å². The van der Waals surface area contributed by atoms with E-state index >= 15 is 0 Å². The minimum atomic E-state index is 0.185. The first kappa shape index (κ1) is 9.67. The Hall–Kier alpha value is -0.420. The lowest BCUT2D eigenvalue weighted by atomic mass is 9.92. The second kappa shape index (κ2) is 4.57. The van der Waals surface area contributed by atoms with E-state index in [0.717, 1.165) is 12.8 Å². The van der Waals surface area contributed by atoms with Crippen molar-refractivity contribution in [2.24, 2.45) is 11.6 Å². The lowest BCUT2D eigenvalue weighted by Gasteiger charge is -2.29. The van der Waals surface area contributed by atoms with E-state index in [4.69, 9.17) is 16.3 Å². The van der Waals surface area contributed by atoms with Gasteiger partial charge in [0.1, 0.15) is 0 Å². The first-order chi connectivity index (χ1) is 5.81. The fourth-order valence-electron chi connectivity index (χ4n) is 1.54. The zero-order valence-electron chi connectivity index (χ0n) is 7.42. The molecule has 12 heavy (non-hydrogen) atoms. The van der Waals surface area contributed by atoms with Crippen molar-refractivity contribution in [1.82, 2.24) is 5.43 Å². The van der Waals surface area contributed by atoms with Gasteiger partial charge in [0.15, 0.2) is 0 Å². The van der Waals surface area contributed by atoms with Crippen molar-refractivity contribution in [2.45, 2.75) is 25.0 Å². The highest BCUT2D eigenvalue weighted by atomic mass is 16.5. The van der Waals surface area contributed by atoms with Crippen LogP contribution < -0.4 is 17.0 Å². The van der Waals surface area contributed by atoms with Gasteiger partial charge in [-0.1, -0.05) is 11.6 Å². The molecular formula is C8H17N3O. The standard InChI is InChI=1S/C8H17N3O/c1-12-8-3-2-6(5-9)4-7(8)11-10/h2,7-8,11H,3-5,9-10H2,1H3. The van der Waals surface area contributed by atoms with Crippen LogP contribution in [0.3, 0.4) is 0 Å². The Labute approximate surface area is 72.9 Å². The molecule has 0 saturated heterocycles. The summed E-state index contributed by atoms with van der Waals surface area (Å²) in [5, 5.41) is 0. The largest absolute Gasteiger partial charge is 0.379 e. The summed E-state index contributed by atoms with van der Waals surface area (Å²) >= 11 is 0. The summed E-state index contributed by atoms with van der Waals surface area (Å²) in [5.41, 5.74) is 9.53. The number of rotatable bonds is 3. The predicted molar refractivity (Wildman–Crippen MR) is 48.3 cm³/mol. The van der Waals surface area contributed by atoms with Crippen molar-refractivity contribution < 1.29 is 4.74 Å². The molecule has 0 aromatic carbocycles. The Morgan fingerprint density at radius 2 is 2.50 bits per heavy atom. The van der Waals surface area contributed by atoms with Gasteiger partial charge < -0.3 is 10.5 Å². The molecule has 0 aliphatic heterocycles. The summed E-state index contributed by atoms with van der Waals surface area (Å²) in [6, 6.07) is 0.207. The van der Waals surface area contributed by atoms with Gasteiger partial charge in [-0.15, -0.1) is 0 Å². The summed E-state index contributed by atoms with van der Waals surface area (Å²) in [6.07, 6.45) is 4.12. The highest BCUT2D eigenvalue weighted by Gasteiger charge is 2.23. The van der Waals surface area contributed by atoms with Crippen molar-refractivity contribution in [1.29, 1.82) is 0 Å². The SMILES string of the molecule is COC1CC=C(CN)CC1NN. The van der Waals surface area contributed by atoms with Gasteiger partial charge in [0, 0.05) is 13.7 Å². The molecule has 1 aliphatic rings. The highest BCUT2D eigenvalue weighted by Crippen LogP contribution is 2.19. The summed E-state index contributed by atoms with van der Waals surface area (Å²) in [6.45, 7) is 0.620. The van der Waals surface area contributed by atoms with E-state index in [9.17, 15) is 0 Å². The van der Waals surface area contributed by atoms with Gasteiger partial charge in [-0.2, -0.15) is 0 Å². The summed E-state index contributed by atoms with van der Waals surface area (Å²) < 4.78 is 5.26. The molecule has 0 heterocycles. The van der Waals surface area contributed by atoms with Gasteiger partial charge in [0.05, 0.1) is 12.1 Å². The minimum absolute atomic E-state index is 0.185. The van der Waals surface area contributed by atoms with Crippen LogP contribution in [0.5, 0.6) is 0 Å². The Morgan fingerprint density at radius 3 is 3.00 bits per heavy atom. The minimum Gasteiger partial charge on any atom is -0.379 e. The molecule has 1 rings (SSSR count). The van der Waals surface area contributed by atoms with Crippen LogP contribution in [-0.2, 0) is 4.74 Å². The molecule has 1 aliphatic carbocycles. The average Bonchev–Trinajstić information content (AvgIpc) is 2.16. The first-order valence-electron chi connectivity index (χ1n) is 4.18. The fourth-order valence-corrected chi connectivity index (χ4v) is 1.54. The van der Waals surface area contributed by atoms with Crippen molar-refractivity contribution in [3.05, 3.63) is 11.6 Å². The monoisotopic (exact) mass is 171 g/mol. The second-order valence-electron chi connectivity index (χ2n) is 3.05. The quantitative estimate of drug-likeness (QED) is 0.304. The number of nitrogens with one attached hydrogen (secondary N) is 1. The second-order valence-corrected chi connectivity index (χ2v) is 3.05. The molecular weight excluding hydrogens is 154 g/mol. The molecule has 0 radical (unpaired) electrons. The molecule has 0 spiro atoms. The van der Waals surface area contributed by atoms with Gasteiger partial charge in [0.2, 0.25) is 0 Å². The summed E-state index contributed by atoms with van der Waals surface area (Å²) in [4.78, 5) is 0. The Kier molecular flexibility index (Phi) is 3.68. The molecule has 70 valence electrons. The van der Waals surface area contributed by atoms with Crippen LogP contribution in [-0.4, -0.2) is 25.8 Å². The molecule has 4 heteroatoms. The summed E-state index contributed by atoms with van der Waals surface area (Å²) in [7, 11) is 1.70. The van der Waals surface area contributed by atoms with Gasteiger partial charge in [0.25, 0.3) is 0 Å². The zero-order valence-corrected chi connectivity index (χ0v) is 7.42. The molecule has 0 bridgehead atoms. The zero-order chi connectivity index (χ0) is 8.97. The van der Waals surface area contributed by atoms with Crippen molar-refractivity contribution >= 4 is 0 Å². The van der Waals surface area contributed by atoms with Crippen molar-refractivity contribution in [2.75, 3.05) is 13.7 Å².